The van der Waals surface area contributed by atoms with Gasteiger partial charge < -0.3 is 30.3 Å². The molecule has 1 fully saturated rings. The Morgan fingerprint density at radius 3 is 2.36 bits per heavy atom. The number of benzene rings is 3. The molecule has 0 bridgehead atoms. The molecule has 0 atom stereocenters. The molecule has 0 aliphatic carbocycles. The molecular formula is C28H32N4O4. The average Bonchev–Trinajstić information content (AvgIpc) is 3.43. The first-order valence-corrected chi connectivity index (χ1v) is 12.2. The van der Waals surface area contributed by atoms with Crippen LogP contribution < -0.4 is 30.3 Å². The number of methoxy groups -OCH3 is 1. The van der Waals surface area contributed by atoms with Gasteiger partial charge >= 0.3 is 6.03 Å². The summed E-state index contributed by atoms with van der Waals surface area (Å²) in [5.74, 6) is 1.14. The number of hydrogen-bond acceptors (Lipinski definition) is 5. The summed E-state index contributed by atoms with van der Waals surface area (Å²) in [5, 5.41) is 8.75. The van der Waals surface area contributed by atoms with Crippen LogP contribution in [-0.4, -0.2) is 38.7 Å². The molecule has 0 radical (unpaired) electrons. The zero-order chi connectivity index (χ0) is 25.3. The summed E-state index contributed by atoms with van der Waals surface area (Å²) in [6, 6.07) is 19.8. The summed E-state index contributed by atoms with van der Waals surface area (Å²) in [6.07, 6.45) is 2.19. The molecule has 1 saturated heterocycles. The van der Waals surface area contributed by atoms with E-state index in [1.165, 1.54) is 0 Å². The zero-order valence-corrected chi connectivity index (χ0v) is 20.7. The molecule has 3 amide bonds. The van der Waals surface area contributed by atoms with Gasteiger partial charge in [0.2, 0.25) is 0 Å². The first kappa shape index (κ1) is 24.9. The quantitative estimate of drug-likeness (QED) is 0.382. The van der Waals surface area contributed by atoms with Gasteiger partial charge in [-0.1, -0.05) is 24.3 Å². The number of carbonyl (C=O) groups is 2. The molecule has 8 heteroatoms. The van der Waals surface area contributed by atoms with Crippen molar-refractivity contribution >= 4 is 29.0 Å². The highest BCUT2D eigenvalue weighted by atomic mass is 16.5. The number of nitrogens with one attached hydrogen (secondary N) is 3. The highest BCUT2D eigenvalue weighted by Crippen LogP contribution is 2.31. The van der Waals surface area contributed by atoms with Crippen LogP contribution in [0.1, 0.15) is 35.7 Å². The Balaban J connectivity index is 1.49. The lowest BCUT2D eigenvalue weighted by molar-refractivity contribution is 0.0951. The first-order valence-electron chi connectivity index (χ1n) is 12.2. The fourth-order valence-electron chi connectivity index (χ4n) is 4.17. The monoisotopic (exact) mass is 488 g/mol. The Kier molecular flexibility index (Phi) is 8.28. The maximum absolute atomic E-state index is 12.9. The summed E-state index contributed by atoms with van der Waals surface area (Å²) in [6.45, 7) is 4.59. The van der Waals surface area contributed by atoms with Crippen molar-refractivity contribution in [3.63, 3.8) is 0 Å². The summed E-state index contributed by atoms with van der Waals surface area (Å²) in [7, 11) is 1.62. The maximum Gasteiger partial charge on any atom is 0.323 e. The number of rotatable bonds is 9. The van der Waals surface area contributed by atoms with Gasteiger partial charge in [0.25, 0.3) is 5.91 Å². The van der Waals surface area contributed by atoms with Gasteiger partial charge in [-0.2, -0.15) is 0 Å². The normalized spacial score (nSPS) is 12.7. The molecule has 1 heterocycles. The van der Waals surface area contributed by atoms with Crippen molar-refractivity contribution in [2.45, 2.75) is 26.3 Å². The number of ether oxygens (including phenoxy) is 2. The molecule has 4 rings (SSSR count). The molecule has 3 N–H and O–H groups in total. The van der Waals surface area contributed by atoms with Gasteiger partial charge in [-0.3, -0.25) is 4.79 Å². The van der Waals surface area contributed by atoms with E-state index in [1.54, 1.807) is 25.3 Å². The van der Waals surface area contributed by atoms with Gasteiger partial charge in [-0.15, -0.1) is 0 Å². The van der Waals surface area contributed by atoms with Gasteiger partial charge in [0.1, 0.15) is 11.5 Å². The summed E-state index contributed by atoms with van der Waals surface area (Å²) < 4.78 is 10.8. The molecule has 0 unspecified atom stereocenters. The predicted molar refractivity (Wildman–Crippen MR) is 142 cm³/mol. The SMILES string of the molecule is CCOc1ccccc1NC(=O)Nc1cc(C(=O)NCc2ccc(OC)cc2)ccc1N1CCCC1. The number of carbonyl (C=O) groups excluding carboxylic acids is 2. The standard InChI is InChI=1S/C28H32N4O4/c1-3-36-26-9-5-4-8-23(26)30-28(34)31-24-18-21(12-15-25(24)32-16-6-7-17-32)27(33)29-19-20-10-13-22(35-2)14-11-20/h4-5,8-15,18H,3,6-7,16-17,19H2,1-2H3,(H,29,33)(H2,30,31,34). The summed E-state index contributed by atoms with van der Waals surface area (Å²) >= 11 is 0. The maximum atomic E-state index is 12.9. The van der Waals surface area contributed by atoms with Crippen LogP contribution in [0.15, 0.2) is 66.7 Å². The van der Waals surface area contributed by atoms with E-state index in [1.807, 2.05) is 55.5 Å². The van der Waals surface area contributed by atoms with E-state index in [0.717, 1.165) is 42.9 Å². The van der Waals surface area contributed by atoms with Gasteiger partial charge in [0.05, 0.1) is 30.8 Å². The minimum Gasteiger partial charge on any atom is -0.497 e. The van der Waals surface area contributed by atoms with Gasteiger partial charge in [0, 0.05) is 25.2 Å². The van der Waals surface area contributed by atoms with E-state index in [2.05, 4.69) is 20.9 Å². The van der Waals surface area contributed by atoms with E-state index < -0.39 is 6.03 Å². The molecule has 1 aliphatic rings. The largest absolute Gasteiger partial charge is 0.497 e. The molecule has 36 heavy (non-hydrogen) atoms. The smallest absolute Gasteiger partial charge is 0.323 e. The lowest BCUT2D eigenvalue weighted by Crippen LogP contribution is -2.26. The number of amides is 3. The second-order valence-corrected chi connectivity index (χ2v) is 8.47. The molecular weight excluding hydrogens is 456 g/mol. The number of urea groups is 1. The van der Waals surface area contributed by atoms with Crippen LogP contribution in [0.4, 0.5) is 21.9 Å². The van der Waals surface area contributed by atoms with E-state index in [0.29, 0.717) is 35.8 Å². The van der Waals surface area contributed by atoms with E-state index in [9.17, 15) is 9.59 Å². The number of hydrogen-bond donors (Lipinski definition) is 3. The Morgan fingerprint density at radius 2 is 1.64 bits per heavy atom. The lowest BCUT2D eigenvalue weighted by Gasteiger charge is -2.22. The van der Waals surface area contributed by atoms with Gasteiger partial charge in [-0.05, 0) is 67.8 Å². The summed E-state index contributed by atoms with van der Waals surface area (Å²) in [4.78, 5) is 28.1. The van der Waals surface area contributed by atoms with Crippen molar-refractivity contribution < 1.29 is 19.1 Å². The fraction of sp³-hybridized carbons (Fsp3) is 0.286. The van der Waals surface area contributed by atoms with Crippen LogP contribution in [0.5, 0.6) is 11.5 Å². The van der Waals surface area contributed by atoms with Crippen molar-refractivity contribution in [1.82, 2.24) is 5.32 Å². The minimum absolute atomic E-state index is 0.219. The Labute approximate surface area is 211 Å². The topological polar surface area (TPSA) is 91.9 Å². The third-order valence-electron chi connectivity index (χ3n) is 6.00. The second-order valence-electron chi connectivity index (χ2n) is 8.47. The number of nitrogens with zero attached hydrogens (tertiary/aromatic N) is 1. The van der Waals surface area contributed by atoms with Crippen LogP contribution in [0.3, 0.4) is 0 Å². The predicted octanol–water partition coefficient (Wildman–Crippen LogP) is 5.27. The van der Waals surface area contributed by atoms with Crippen molar-refractivity contribution in [1.29, 1.82) is 0 Å². The van der Waals surface area contributed by atoms with Crippen molar-refractivity contribution in [3.8, 4) is 11.5 Å². The van der Waals surface area contributed by atoms with Gasteiger partial charge in [0.15, 0.2) is 0 Å². The number of anilines is 3. The fourth-order valence-corrected chi connectivity index (χ4v) is 4.17. The molecule has 0 spiro atoms. The molecule has 1 aliphatic heterocycles. The van der Waals surface area contributed by atoms with E-state index >= 15 is 0 Å². The molecule has 188 valence electrons. The van der Waals surface area contributed by atoms with E-state index in [4.69, 9.17) is 9.47 Å². The third-order valence-corrected chi connectivity index (χ3v) is 6.00. The van der Waals surface area contributed by atoms with Crippen molar-refractivity contribution in [2.24, 2.45) is 0 Å². The highest BCUT2D eigenvalue weighted by molar-refractivity contribution is 6.04. The summed E-state index contributed by atoms with van der Waals surface area (Å²) in [5.41, 5.74) is 3.49. The van der Waals surface area contributed by atoms with Crippen LogP contribution >= 0.6 is 0 Å². The van der Waals surface area contributed by atoms with Crippen LogP contribution in [-0.2, 0) is 6.54 Å². The average molecular weight is 489 g/mol. The van der Waals surface area contributed by atoms with Crippen LogP contribution in [0.2, 0.25) is 0 Å². The van der Waals surface area contributed by atoms with Crippen molar-refractivity contribution in [3.05, 3.63) is 77.9 Å². The molecule has 0 aromatic heterocycles. The Morgan fingerprint density at radius 1 is 0.917 bits per heavy atom. The minimum atomic E-state index is -0.404. The second kappa shape index (κ2) is 12.0. The first-order chi connectivity index (χ1) is 17.6. The Bertz CT molecular complexity index is 1190. The molecule has 0 saturated carbocycles. The molecule has 3 aromatic carbocycles. The number of para-hydroxylation sites is 2. The highest BCUT2D eigenvalue weighted by Gasteiger charge is 2.19. The van der Waals surface area contributed by atoms with E-state index in [-0.39, 0.29) is 5.91 Å². The Hall–Kier alpha value is -4.20. The molecule has 8 nitrogen and oxygen atoms in total. The van der Waals surface area contributed by atoms with Gasteiger partial charge in [-0.25, -0.2) is 4.79 Å². The van der Waals surface area contributed by atoms with Crippen LogP contribution in [0, 0.1) is 0 Å². The molecule has 3 aromatic rings. The third kappa shape index (κ3) is 6.27. The lowest BCUT2D eigenvalue weighted by atomic mass is 10.1. The zero-order valence-electron chi connectivity index (χ0n) is 20.7. The van der Waals surface area contributed by atoms with Crippen molar-refractivity contribution in [2.75, 3.05) is 42.3 Å². The van der Waals surface area contributed by atoms with Crippen LogP contribution in [0.25, 0.3) is 0 Å².